The van der Waals surface area contributed by atoms with Crippen molar-refractivity contribution in [3.05, 3.63) is 28.7 Å². The van der Waals surface area contributed by atoms with Crippen LogP contribution in [-0.2, 0) is 14.8 Å². The molecule has 1 fully saturated rings. The van der Waals surface area contributed by atoms with Gasteiger partial charge in [-0.15, -0.1) is 0 Å². The minimum absolute atomic E-state index is 0.0405. The van der Waals surface area contributed by atoms with Crippen molar-refractivity contribution < 1.29 is 13.2 Å². The number of sulfonamides is 1. The lowest BCUT2D eigenvalue weighted by atomic mass is 10.3. The van der Waals surface area contributed by atoms with Crippen LogP contribution in [0.3, 0.4) is 0 Å². The van der Waals surface area contributed by atoms with Gasteiger partial charge in [-0.05, 0) is 25.2 Å². The summed E-state index contributed by atoms with van der Waals surface area (Å²) in [5, 5.41) is 2.71. The molecule has 0 atom stereocenters. The normalized spacial score (nSPS) is 17.4. The molecule has 1 N–H and O–H groups in total. The van der Waals surface area contributed by atoms with Gasteiger partial charge in [0.15, 0.2) is 0 Å². The van der Waals surface area contributed by atoms with Gasteiger partial charge in [0.1, 0.15) is 0 Å². The van der Waals surface area contributed by atoms with E-state index in [0.29, 0.717) is 18.8 Å². The highest BCUT2D eigenvalue weighted by Gasteiger charge is 2.26. The van der Waals surface area contributed by atoms with Crippen LogP contribution in [0.25, 0.3) is 0 Å². The molecule has 0 aromatic heterocycles. The summed E-state index contributed by atoms with van der Waals surface area (Å²) in [5.41, 5.74) is 0.649. The Morgan fingerprint density at radius 3 is 2.59 bits per heavy atom. The molecule has 0 aliphatic carbocycles. The highest BCUT2D eigenvalue weighted by Crippen LogP contribution is 2.16. The van der Waals surface area contributed by atoms with Gasteiger partial charge in [-0.3, -0.25) is 4.79 Å². The van der Waals surface area contributed by atoms with E-state index in [-0.39, 0.29) is 18.1 Å². The molecule has 1 aliphatic heterocycles. The van der Waals surface area contributed by atoms with Crippen molar-refractivity contribution in [3.8, 4) is 0 Å². The van der Waals surface area contributed by atoms with Gasteiger partial charge in [0.2, 0.25) is 15.9 Å². The maximum Gasteiger partial charge on any atom is 0.225 e. The molecule has 0 spiro atoms. The first-order valence-corrected chi connectivity index (χ1v) is 9.49. The number of carbonyl (C=O) groups is 1. The average molecular weight is 390 g/mol. The number of piperazine rings is 1. The number of likely N-dealkylation sites (N-methyl/N-ethyl adjacent to an activating group) is 1. The molecule has 1 aromatic carbocycles. The van der Waals surface area contributed by atoms with Crippen molar-refractivity contribution in [2.45, 2.75) is 6.42 Å². The van der Waals surface area contributed by atoms with Gasteiger partial charge >= 0.3 is 0 Å². The van der Waals surface area contributed by atoms with Crippen LogP contribution in [0.5, 0.6) is 0 Å². The Kier molecular flexibility index (Phi) is 5.96. The van der Waals surface area contributed by atoms with E-state index < -0.39 is 10.0 Å². The average Bonchev–Trinajstić information content (AvgIpc) is 2.46. The summed E-state index contributed by atoms with van der Waals surface area (Å²) in [6.45, 7) is 2.44. The van der Waals surface area contributed by atoms with Gasteiger partial charge in [-0.1, -0.05) is 22.0 Å². The second-order valence-electron chi connectivity index (χ2n) is 5.33. The first-order valence-electron chi connectivity index (χ1n) is 7.08. The van der Waals surface area contributed by atoms with E-state index in [1.54, 1.807) is 18.2 Å². The Labute approximate surface area is 139 Å². The molecule has 1 aliphatic rings. The van der Waals surface area contributed by atoms with Gasteiger partial charge in [0.05, 0.1) is 5.75 Å². The van der Waals surface area contributed by atoms with Gasteiger partial charge < -0.3 is 10.2 Å². The molecule has 0 unspecified atom stereocenters. The summed E-state index contributed by atoms with van der Waals surface area (Å²) in [5.74, 6) is -0.452. The van der Waals surface area contributed by atoms with Crippen molar-refractivity contribution in [3.63, 3.8) is 0 Å². The Balaban J connectivity index is 1.85. The lowest BCUT2D eigenvalue weighted by molar-refractivity contribution is -0.115. The molecule has 0 bridgehead atoms. The Morgan fingerprint density at radius 2 is 1.95 bits per heavy atom. The standard InChI is InChI=1S/C14H20BrN3O3S/c1-17-6-8-18(9-7-17)22(20,21)10-5-14(19)16-13-4-2-3-12(15)11-13/h2-4,11H,5-10H2,1H3,(H,16,19). The quantitative estimate of drug-likeness (QED) is 0.824. The number of halogens is 1. The van der Waals surface area contributed by atoms with E-state index in [1.165, 1.54) is 4.31 Å². The monoisotopic (exact) mass is 389 g/mol. The molecule has 2 rings (SSSR count). The van der Waals surface area contributed by atoms with Gasteiger partial charge in [0.25, 0.3) is 0 Å². The van der Waals surface area contributed by atoms with E-state index in [4.69, 9.17) is 0 Å². The zero-order valence-corrected chi connectivity index (χ0v) is 14.9. The summed E-state index contributed by atoms with van der Waals surface area (Å²) >= 11 is 3.32. The summed E-state index contributed by atoms with van der Waals surface area (Å²) in [6.07, 6.45) is -0.0405. The van der Waals surface area contributed by atoms with Crippen molar-refractivity contribution in [2.24, 2.45) is 0 Å². The van der Waals surface area contributed by atoms with Crippen LogP contribution >= 0.6 is 15.9 Å². The summed E-state index contributed by atoms with van der Waals surface area (Å²) in [7, 11) is -1.40. The second kappa shape index (κ2) is 7.54. The van der Waals surface area contributed by atoms with E-state index in [1.807, 2.05) is 13.1 Å². The Morgan fingerprint density at radius 1 is 1.27 bits per heavy atom. The molecular formula is C14H20BrN3O3S. The fraction of sp³-hybridized carbons (Fsp3) is 0.500. The van der Waals surface area contributed by atoms with Crippen LogP contribution in [-0.4, -0.2) is 62.5 Å². The van der Waals surface area contributed by atoms with Crippen molar-refractivity contribution >= 4 is 37.5 Å². The molecule has 122 valence electrons. The maximum absolute atomic E-state index is 12.2. The number of hydrogen-bond donors (Lipinski definition) is 1. The predicted molar refractivity (Wildman–Crippen MR) is 90.2 cm³/mol. The van der Waals surface area contributed by atoms with Crippen LogP contribution in [0.2, 0.25) is 0 Å². The van der Waals surface area contributed by atoms with Crippen molar-refractivity contribution in [1.82, 2.24) is 9.21 Å². The fourth-order valence-electron chi connectivity index (χ4n) is 2.21. The zero-order chi connectivity index (χ0) is 16.2. The predicted octanol–water partition coefficient (Wildman–Crippen LogP) is 1.35. The van der Waals surface area contributed by atoms with Gasteiger partial charge in [0, 0.05) is 42.8 Å². The molecule has 1 heterocycles. The maximum atomic E-state index is 12.2. The highest BCUT2D eigenvalue weighted by atomic mass is 79.9. The molecule has 1 aromatic rings. The number of benzene rings is 1. The lowest BCUT2D eigenvalue weighted by Crippen LogP contribution is -2.47. The van der Waals surface area contributed by atoms with Crippen LogP contribution < -0.4 is 5.32 Å². The lowest BCUT2D eigenvalue weighted by Gasteiger charge is -2.31. The Hall–Kier alpha value is -0.960. The third-order valence-corrected chi connectivity index (χ3v) is 5.92. The van der Waals surface area contributed by atoms with E-state index in [9.17, 15) is 13.2 Å². The number of nitrogens with one attached hydrogen (secondary N) is 1. The van der Waals surface area contributed by atoms with E-state index in [2.05, 4.69) is 26.1 Å². The van der Waals surface area contributed by atoms with Crippen molar-refractivity contribution in [2.75, 3.05) is 44.3 Å². The number of anilines is 1. The molecule has 0 radical (unpaired) electrons. The van der Waals surface area contributed by atoms with E-state index >= 15 is 0 Å². The molecule has 22 heavy (non-hydrogen) atoms. The van der Waals surface area contributed by atoms with E-state index in [0.717, 1.165) is 17.6 Å². The minimum Gasteiger partial charge on any atom is -0.326 e. The third kappa shape index (κ3) is 5.05. The van der Waals surface area contributed by atoms with Gasteiger partial charge in [-0.2, -0.15) is 4.31 Å². The first kappa shape index (κ1) is 17.4. The van der Waals surface area contributed by atoms with Gasteiger partial charge in [-0.25, -0.2) is 8.42 Å². The van der Waals surface area contributed by atoms with Crippen LogP contribution in [0.4, 0.5) is 5.69 Å². The molecule has 6 nitrogen and oxygen atoms in total. The fourth-order valence-corrected chi connectivity index (χ4v) is 4.03. The number of rotatable bonds is 5. The zero-order valence-electron chi connectivity index (χ0n) is 12.5. The summed E-state index contributed by atoms with van der Waals surface area (Å²) in [6, 6.07) is 7.19. The largest absolute Gasteiger partial charge is 0.326 e. The number of amides is 1. The van der Waals surface area contributed by atoms with Crippen LogP contribution in [0, 0.1) is 0 Å². The summed E-state index contributed by atoms with van der Waals surface area (Å²) in [4.78, 5) is 14.0. The minimum atomic E-state index is -3.37. The SMILES string of the molecule is CN1CCN(S(=O)(=O)CCC(=O)Nc2cccc(Br)c2)CC1. The van der Waals surface area contributed by atoms with Crippen molar-refractivity contribution in [1.29, 1.82) is 0 Å². The molecule has 0 saturated carbocycles. The van der Waals surface area contributed by atoms with Crippen LogP contribution in [0.15, 0.2) is 28.7 Å². The Bertz CT molecular complexity index is 628. The summed E-state index contributed by atoms with van der Waals surface area (Å²) < 4.78 is 26.8. The number of hydrogen-bond acceptors (Lipinski definition) is 4. The first-order chi connectivity index (χ1) is 10.4. The topological polar surface area (TPSA) is 69.7 Å². The smallest absolute Gasteiger partial charge is 0.225 e. The molecule has 1 amide bonds. The molecule has 8 heteroatoms. The third-order valence-electron chi connectivity index (χ3n) is 3.55. The molecule has 1 saturated heterocycles. The second-order valence-corrected chi connectivity index (χ2v) is 8.33. The van der Waals surface area contributed by atoms with Crippen LogP contribution in [0.1, 0.15) is 6.42 Å². The highest BCUT2D eigenvalue weighted by molar-refractivity contribution is 9.10. The number of carbonyl (C=O) groups excluding carboxylic acids is 1. The molecular weight excluding hydrogens is 370 g/mol. The number of nitrogens with zero attached hydrogens (tertiary/aromatic N) is 2.